The Morgan fingerprint density at radius 3 is 1.61 bits per heavy atom. The van der Waals surface area contributed by atoms with Crippen molar-refractivity contribution >= 4 is 13.7 Å². The summed E-state index contributed by atoms with van der Waals surface area (Å²) in [6.45, 7) is 4.44. The molecule has 4 unspecified atom stereocenters. The minimum absolute atomic E-state index is 0.0119. The molecule has 10 heteroatoms. The second-order valence-corrected chi connectivity index (χ2v) is 18.0. The summed E-state index contributed by atoms with van der Waals surface area (Å²) in [5.74, 6) is -0.280. The zero-order valence-electron chi connectivity index (χ0n) is 37.2. The van der Waals surface area contributed by atoms with Crippen LogP contribution in [0.5, 0.6) is 0 Å². The first-order valence-corrected chi connectivity index (χ1v) is 24.2. The summed E-state index contributed by atoms with van der Waals surface area (Å²) < 4.78 is 23.5. The summed E-state index contributed by atoms with van der Waals surface area (Å²) in [5, 5.41) is 24.6. The summed E-state index contributed by atoms with van der Waals surface area (Å²) in [5.41, 5.74) is 0. The molecule has 4 N–H and O–H groups in total. The number of carbonyl (C=O) groups excluding carboxylic acids is 1. The molecule has 0 bridgehead atoms. The fourth-order valence-electron chi connectivity index (χ4n) is 6.19. The highest BCUT2D eigenvalue weighted by Crippen LogP contribution is 2.43. The lowest BCUT2D eigenvalue weighted by atomic mass is 10.0. The number of unbranched alkanes of at least 4 members (excludes halogenated alkanes) is 16. The second kappa shape index (κ2) is 38.4. The van der Waals surface area contributed by atoms with Gasteiger partial charge < -0.3 is 24.9 Å². The lowest BCUT2D eigenvalue weighted by Crippen LogP contribution is -2.51. The molecule has 1 amide bonds. The summed E-state index contributed by atoms with van der Waals surface area (Å²) in [4.78, 5) is 23.2. The molecule has 0 aliphatic carbocycles. The van der Waals surface area contributed by atoms with Crippen LogP contribution in [-0.2, 0) is 18.4 Å². The van der Waals surface area contributed by atoms with Crippen molar-refractivity contribution < 1.29 is 38.0 Å². The van der Waals surface area contributed by atoms with Crippen molar-refractivity contribution in [2.45, 2.75) is 193 Å². The maximum Gasteiger partial charge on any atom is 0.472 e. The third-order valence-electron chi connectivity index (χ3n) is 9.84. The fourth-order valence-corrected chi connectivity index (χ4v) is 6.93. The van der Waals surface area contributed by atoms with Gasteiger partial charge in [-0.25, -0.2) is 4.57 Å². The number of carbonyl (C=O) groups is 1. The smallest absolute Gasteiger partial charge is 0.390 e. The Kier molecular flexibility index (Phi) is 37.1. The van der Waals surface area contributed by atoms with Crippen LogP contribution in [0.2, 0.25) is 0 Å². The normalized spacial score (nSPS) is 15.4. The van der Waals surface area contributed by atoms with Crippen LogP contribution in [0.4, 0.5) is 0 Å². The molecule has 0 saturated heterocycles. The maximum atomic E-state index is 12.9. The lowest BCUT2D eigenvalue weighted by molar-refractivity contribution is -0.870. The molecule has 0 spiro atoms. The molecule has 57 heavy (non-hydrogen) atoms. The number of likely N-dealkylation sites (N-methyl/N-ethyl adjacent to an activating group) is 1. The van der Waals surface area contributed by atoms with E-state index >= 15 is 0 Å². The van der Waals surface area contributed by atoms with Crippen LogP contribution in [0, 0.1) is 0 Å². The summed E-state index contributed by atoms with van der Waals surface area (Å²) in [6.07, 6.45) is 45.7. The van der Waals surface area contributed by atoms with E-state index in [1.54, 1.807) is 0 Å². The molecule has 0 aromatic heterocycles. The van der Waals surface area contributed by atoms with E-state index in [1.165, 1.54) is 70.6 Å². The first-order chi connectivity index (χ1) is 27.4. The number of phosphoric ester groups is 1. The summed E-state index contributed by atoms with van der Waals surface area (Å²) in [6, 6.07) is -1.06. The van der Waals surface area contributed by atoms with E-state index in [1.807, 2.05) is 21.1 Å². The van der Waals surface area contributed by atoms with Gasteiger partial charge >= 0.3 is 7.82 Å². The van der Waals surface area contributed by atoms with E-state index in [4.69, 9.17) is 9.05 Å². The van der Waals surface area contributed by atoms with Crippen LogP contribution in [0.15, 0.2) is 60.8 Å². The number of rotatable bonds is 40. The van der Waals surface area contributed by atoms with E-state index < -0.39 is 32.7 Å². The SMILES string of the molecule is CC/C=C\C/C=C\C/C=C\C/C=C\CCCCCCCCCCC(=O)NC(COP(=O)(O)OCC[N+](C)(C)C)C(O)C(O)CCC/C=C/CCCCCCCCC. The van der Waals surface area contributed by atoms with Gasteiger partial charge in [-0.15, -0.1) is 0 Å². The largest absolute Gasteiger partial charge is 0.472 e. The first kappa shape index (κ1) is 55.2. The lowest BCUT2D eigenvalue weighted by Gasteiger charge is -2.28. The number of phosphoric acid groups is 1. The average molecular weight is 824 g/mol. The third-order valence-corrected chi connectivity index (χ3v) is 10.8. The van der Waals surface area contributed by atoms with Gasteiger partial charge in [-0.2, -0.15) is 0 Å². The van der Waals surface area contributed by atoms with Crippen LogP contribution in [-0.4, -0.2) is 84.6 Å². The van der Waals surface area contributed by atoms with Crippen molar-refractivity contribution in [1.82, 2.24) is 5.32 Å². The zero-order chi connectivity index (χ0) is 42.3. The molecular weight excluding hydrogens is 735 g/mol. The van der Waals surface area contributed by atoms with E-state index in [0.29, 0.717) is 30.3 Å². The molecule has 0 aromatic carbocycles. The Hall–Kier alpha value is -1.84. The van der Waals surface area contributed by atoms with Crippen molar-refractivity contribution in [2.24, 2.45) is 0 Å². The van der Waals surface area contributed by atoms with Gasteiger partial charge in [-0.1, -0.05) is 152 Å². The molecular formula is C47H88N2O7P+. The number of allylic oxidation sites excluding steroid dienone is 10. The number of nitrogens with one attached hydrogen (secondary N) is 1. The van der Waals surface area contributed by atoms with Crippen LogP contribution in [0.3, 0.4) is 0 Å². The molecule has 0 aliphatic heterocycles. The standard InChI is InChI=1S/C47H87N2O7P/c1-6-8-10-12-14-16-18-20-21-22-23-24-25-26-27-28-30-32-34-36-38-40-46(51)48-44(43-56-57(53,54)55-42-41-49(3,4)5)47(52)45(50)39-37-35-33-31-29-19-17-15-13-11-9-7-2/h8,10,14,16,20-21,23-24,31,33,44-45,47,50,52H,6-7,9,11-13,15,17-19,22,25-30,32,34-43H2,1-5H3,(H-,48,51,53,54)/p+1/b10-8-,16-14-,21-20-,24-23-,33-31+. The average Bonchev–Trinajstić information content (AvgIpc) is 3.16. The molecule has 0 fully saturated rings. The van der Waals surface area contributed by atoms with Crippen molar-refractivity contribution in [1.29, 1.82) is 0 Å². The zero-order valence-corrected chi connectivity index (χ0v) is 38.1. The van der Waals surface area contributed by atoms with Gasteiger partial charge in [0.25, 0.3) is 0 Å². The van der Waals surface area contributed by atoms with Crippen molar-refractivity contribution in [3.8, 4) is 0 Å². The molecule has 0 heterocycles. The quantitative estimate of drug-likeness (QED) is 0.0210. The van der Waals surface area contributed by atoms with Crippen molar-refractivity contribution in [3.05, 3.63) is 60.8 Å². The minimum atomic E-state index is -4.43. The van der Waals surface area contributed by atoms with E-state index in [2.05, 4.69) is 79.9 Å². The predicted molar refractivity (Wildman–Crippen MR) is 241 cm³/mol. The maximum absolute atomic E-state index is 12.9. The first-order valence-electron chi connectivity index (χ1n) is 22.7. The van der Waals surface area contributed by atoms with Crippen LogP contribution >= 0.6 is 7.82 Å². The highest BCUT2D eigenvalue weighted by atomic mass is 31.2. The second-order valence-electron chi connectivity index (χ2n) is 16.5. The Bertz CT molecular complexity index is 1130. The van der Waals surface area contributed by atoms with Gasteiger partial charge in [0.15, 0.2) is 0 Å². The van der Waals surface area contributed by atoms with Crippen LogP contribution in [0.1, 0.15) is 174 Å². The topological polar surface area (TPSA) is 125 Å². The molecule has 0 saturated carbocycles. The van der Waals surface area contributed by atoms with Crippen LogP contribution < -0.4 is 5.32 Å². The van der Waals surface area contributed by atoms with E-state index in [0.717, 1.165) is 64.2 Å². The Labute approximate surface area is 350 Å². The minimum Gasteiger partial charge on any atom is -0.390 e. The van der Waals surface area contributed by atoms with E-state index in [9.17, 15) is 24.5 Å². The highest BCUT2D eigenvalue weighted by molar-refractivity contribution is 7.47. The van der Waals surface area contributed by atoms with Gasteiger partial charge in [0.05, 0.1) is 39.9 Å². The molecule has 0 aromatic rings. The van der Waals surface area contributed by atoms with Gasteiger partial charge in [0.2, 0.25) is 5.91 Å². The van der Waals surface area contributed by atoms with Gasteiger partial charge in [0, 0.05) is 6.42 Å². The number of hydrogen-bond donors (Lipinski definition) is 4. The summed E-state index contributed by atoms with van der Waals surface area (Å²) in [7, 11) is 1.40. The van der Waals surface area contributed by atoms with Gasteiger partial charge in [-0.05, 0) is 77.0 Å². The number of quaternary nitrogens is 1. The number of amides is 1. The summed E-state index contributed by atoms with van der Waals surface area (Å²) >= 11 is 0. The molecule has 0 rings (SSSR count). The fraction of sp³-hybridized carbons (Fsp3) is 0.766. The van der Waals surface area contributed by atoms with Crippen molar-refractivity contribution in [2.75, 3.05) is 40.9 Å². The molecule has 4 atom stereocenters. The Morgan fingerprint density at radius 2 is 1.09 bits per heavy atom. The molecule has 0 radical (unpaired) electrons. The van der Waals surface area contributed by atoms with Gasteiger partial charge in [0.1, 0.15) is 19.3 Å². The van der Waals surface area contributed by atoms with Crippen LogP contribution in [0.25, 0.3) is 0 Å². The number of aliphatic hydroxyl groups excluding tert-OH is 2. The Morgan fingerprint density at radius 1 is 0.632 bits per heavy atom. The number of aliphatic hydroxyl groups is 2. The third kappa shape index (κ3) is 39.4. The number of hydrogen-bond acceptors (Lipinski definition) is 6. The highest BCUT2D eigenvalue weighted by Gasteiger charge is 2.31. The van der Waals surface area contributed by atoms with Gasteiger partial charge in [-0.3, -0.25) is 13.8 Å². The molecule has 9 nitrogen and oxygen atoms in total. The molecule has 332 valence electrons. The van der Waals surface area contributed by atoms with Crippen molar-refractivity contribution in [3.63, 3.8) is 0 Å². The molecule has 0 aliphatic rings. The Balaban J connectivity index is 4.49. The monoisotopic (exact) mass is 824 g/mol. The van der Waals surface area contributed by atoms with E-state index in [-0.39, 0.29) is 18.9 Å². The predicted octanol–water partition coefficient (Wildman–Crippen LogP) is 11.6. The number of nitrogens with zero attached hydrogens (tertiary/aromatic N) is 1.